The van der Waals surface area contributed by atoms with E-state index in [9.17, 15) is 4.79 Å². The highest BCUT2D eigenvalue weighted by Gasteiger charge is 1.48. The average molecular weight is 85.1 g/mol. The first-order valence-corrected chi connectivity index (χ1v) is 1.48. The van der Waals surface area contributed by atoms with E-state index < -0.39 is 0 Å². The van der Waals surface area contributed by atoms with E-state index in [1.165, 1.54) is 6.08 Å². The predicted octanol–water partition coefficient (Wildman–Crippen LogP) is 1.21. The van der Waals surface area contributed by atoms with Crippen molar-refractivity contribution < 1.29 is 4.79 Å². The molecule has 0 unspecified atom stereocenters. The third kappa shape index (κ3) is 9.96. The molecule has 0 atom stereocenters. The molecular weight excluding hydrogens is 76.1 g/mol. The molecule has 0 aliphatic heterocycles. The Balaban J connectivity index is 0. The van der Waals surface area contributed by atoms with Crippen LogP contribution in [-0.2, 0) is 4.79 Å². The first kappa shape index (κ1) is 9.05. The fraction of sp³-hybridized carbons (Fsp3) is 0.200. The van der Waals surface area contributed by atoms with Crippen molar-refractivity contribution in [2.45, 2.75) is 6.92 Å². The van der Waals surface area contributed by atoms with Gasteiger partial charge in [-0.05, 0) is 13.0 Å². The van der Waals surface area contributed by atoms with E-state index in [1.54, 1.807) is 13.0 Å². The zero-order valence-electron chi connectivity index (χ0n) is 4.14. The molecular formula is C5H9O. The summed E-state index contributed by atoms with van der Waals surface area (Å²) in [6.45, 7) is 1.80. The van der Waals surface area contributed by atoms with Crippen LogP contribution in [0.15, 0.2) is 12.2 Å². The van der Waals surface area contributed by atoms with Crippen molar-refractivity contribution >= 4 is 6.29 Å². The van der Waals surface area contributed by atoms with E-state index in [0.29, 0.717) is 0 Å². The summed E-state index contributed by atoms with van der Waals surface area (Å²) in [6.07, 6.45) is 3.88. The molecule has 0 aromatic rings. The topological polar surface area (TPSA) is 17.1 Å². The van der Waals surface area contributed by atoms with Gasteiger partial charge in [0.25, 0.3) is 0 Å². The number of carbonyl (C=O) groups is 1. The molecule has 1 nitrogen and oxygen atoms in total. The first-order chi connectivity index (χ1) is 2.41. The zero-order valence-corrected chi connectivity index (χ0v) is 4.14. The van der Waals surface area contributed by atoms with Gasteiger partial charge in [-0.3, -0.25) is 4.79 Å². The van der Waals surface area contributed by atoms with Crippen molar-refractivity contribution in [3.05, 3.63) is 19.6 Å². The van der Waals surface area contributed by atoms with E-state index in [0.717, 1.165) is 6.29 Å². The van der Waals surface area contributed by atoms with Gasteiger partial charge >= 0.3 is 0 Å². The maximum Gasteiger partial charge on any atom is 0.142 e. The third-order valence-corrected chi connectivity index (χ3v) is 0.271. The summed E-state index contributed by atoms with van der Waals surface area (Å²) in [5.74, 6) is 0. The second-order valence-corrected chi connectivity index (χ2v) is 0.662. The molecule has 0 heterocycles. The van der Waals surface area contributed by atoms with Crippen molar-refractivity contribution in [2.75, 3.05) is 0 Å². The van der Waals surface area contributed by atoms with Crippen molar-refractivity contribution in [3.63, 3.8) is 0 Å². The summed E-state index contributed by atoms with van der Waals surface area (Å²) in [5.41, 5.74) is 0. The Morgan fingerprint density at radius 1 is 1.50 bits per heavy atom. The molecule has 0 rings (SSSR count). The Kier molecular flexibility index (Phi) is 13.3. The van der Waals surface area contributed by atoms with Crippen LogP contribution in [-0.4, -0.2) is 6.29 Å². The fourth-order valence-corrected chi connectivity index (χ4v) is 0.0786. The Bertz CT molecular complexity index is 45.9. The van der Waals surface area contributed by atoms with Gasteiger partial charge in [-0.15, -0.1) is 0 Å². The zero-order chi connectivity index (χ0) is 4.12. The van der Waals surface area contributed by atoms with Crippen LogP contribution in [0.25, 0.3) is 0 Å². The quantitative estimate of drug-likeness (QED) is 0.345. The Morgan fingerprint density at radius 3 is 2.00 bits per heavy atom. The van der Waals surface area contributed by atoms with E-state index in [-0.39, 0.29) is 7.43 Å². The van der Waals surface area contributed by atoms with Crippen LogP contribution >= 0.6 is 0 Å². The van der Waals surface area contributed by atoms with Gasteiger partial charge in [0.05, 0.1) is 0 Å². The molecule has 0 saturated heterocycles. The van der Waals surface area contributed by atoms with Crippen LogP contribution < -0.4 is 0 Å². The SMILES string of the molecule is CC=CC=O.[CH3]. The summed E-state index contributed by atoms with van der Waals surface area (Å²) in [4.78, 5) is 9.32. The van der Waals surface area contributed by atoms with E-state index in [2.05, 4.69) is 0 Å². The van der Waals surface area contributed by atoms with Crippen LogP contribution in [0.4, 0.5) is 0 Å². The van der Waals surface area contributed by atoms with Crippen LogP contribution in [0, 0.1) is 7.43 Å². The number of rotatable bonds is 1. The third-order valence-electron chi connectivity index (χ3n) is 0.271. The van der Waals surface area contributed by atoms with Crippen molar-refractivity contribution in [1.82, 2.24) is 0 Å². The molecule has 1 radical (unpaired) electrons. The molecule has 0 aromatic carbocycles. The highest BCUT2D eigenvalue weighted by Crippen LogP contribution is 1.55. The Hall–Kier alpha value is -0.590. The van der Waals surface area contributed by atoms with Gasteiger partial charge < -0.3 is 0 Å². The predicted molar refractivity (Wildman–Crippen MR) is 27.3 cm³/mol. The number of aldehydes is 1. The van der Waals surface area contributed by atoms with Crippen molar-refractivity contribution in [1.29, 1.82) is 0 Å². The molecule has 1 heteroatoms. The largest absolute Gasteiger partial charge is 0.299 e. The van der Waals surface area contributed by atoms with Crippen molar-refractivity contribution in [2.24, 2.45) is 0 Å². The van der Waals surface area contributed by atoms with E-state index in [1.807, 2.05) is 0 Å². The summed E-state index contributed by atoms with van der Waals surface area (Å²) in [7, 11) is 0. The van der Waals surface area contributed by atoms with Gasteiger partial charge in [0.1, 0.15) is 6.29 Å². The molecule has 0 amide bonds. The summed E-state index contributed by atoms with van der Waals surface area (Å²) in [5, 5.41) is 0. The first-order valence-electron chi connectivity index (χ1n) is 1.48. The molecule has 35 valence electrons. The minimum atomic E-state index is 0. The van der Waals surface area contributed by atoms with Gasteiger partial charge in [0.15, 0.2) is 0 Å². The molecule has 6 heavy (non-hydrogen) atoms. The molecule has 0 aromatic heterocycles. The Labute approximate surface area is 38.7 Å². The number of allylic oxidation sites excluding steroid dienone is 2. The summed E-state index contributed by atoms with van der Waals surface area (Å²) in [6, 6.07) is 0. The lowest BCUT2D eigenvalue weighted by atomic mass is 10.6. The number of hydrogen-bond acceptors (Lipinski definition) is 1. The highest BCUT2D eigenvalue weighted by molar-refractivity contribution is 5.64. The molecule has 0 aliphatic rings. The monoisotopic (exact) mass is 85.1 g/mol. The summed E-state index contributed by atoms with van der Waals surface area (Å²) < 4.78 is 0. The number of carbonyl (C=O) groups excluding carboxylic acids is 1. The highest BCUT2D eigenvalue weighted by atomic mass is 16.1. The molecule has 0 saturated carbocycles. The number of hydrogen-bond donors (Lipinski definition) is 0. The van der Waals surface area contributed by atoms with Gasteiger partial charge in [0.2, 0.25) is 0 Å². The van der Waals surface area contributed by atoms with E-state index >= 15 is 0 Å². The van der Waals surface area contributed by atoms with Crippen LogP contribution in [0.3, 0.4) is 0 Å². The molecule has 0 spiro atoms. The molecule has 0 N–H and O–H groups in total. The Morgan fingerprint density at radius 2 is 2.00 bits per heavy atom. The smallest absolute Gasteiger partial charge is 0.142 e. The summed E-state index contributed by atoms with van der Waals surface area (Å²) >= 11 is 0. The maximum absolute atomic E-state index is 9.32. The minimum Gasteiger partial charge on any atom is -0.299 e. The molecule has 0 fully saturated rings. The lowest BCUT2D eigenvalue weighted by Gasteiger charge is -1.51. The van der Waals surface area contributed by atoms with Crippen LogP contribution in [0.1, 0.15) is 6.92 Å². The second kappa shape index (κ2) is 8.83. The van der Waals surface area contributed by atoms with Gasteiger partial charge in [-0.2, -0.15) is 0 Å². The van der Waals surface area contributed by atoms with Crippen LogP contribution in [0.2, 0.25) is 0 Å². The maximum atomic E-state index is 9.32. The minimum absolute atomic E-state index is 0. The lowest BCUT2D eigenvalue weighted by molar-refractivity contribution is -0.104. The van der Waals surface area contributed by atoms with Gasteiger partial charge in [-0.25, -0.2) is 0 Å². The average Bonchev–Trinajstić information content (AvgIpc) is 1.41. The lowest BCUT2D eigenvalue weighted by Crippen LogP contribution is -1.50. The normalized spacial score (nSPS) is 7.50. The molecule has 0 aliphatic carbocycles. The van der Waals surface area contributed by atoms with Crippen molar-refractivity contribution in [3.8, 4) is 0 Å². The van der Waals surface area contributed by atoms with Gasteiger partial charge in [0, 0.05) is 0 Å². The molecule has 0 bridgehead atoms. The van der Waals surface area contributed by atoms with Gasteiger partial charge in [-0.1, -0.05) is 13.5 Å². The second-order valence-electron chi connectivity index (χ2n) is 0.662. The van der Waals surface area contributed by atoms with Crippen LogP contribution in [0.5, 0.6) is 0 Å². The van der Waals surface area contributed by atoms with E-state index in [4.69, 9.17) is 0 Å². The standard InChI is InChI=1S/C4H6O.CH3/c1-2-3-4-5;/h2-4H,1H3;1H3. The fourth-order valence-electron chi connectivity index (χ4n) is 0.0786.